The average Bonchev–Trinajstić information content (AvgIpc) is 2.88. The summed E-state index contributed by atoms with van der Waals surface area (Å²) in [5, 5.41) is 0. The fourth-order valence-corrected chi connectivity index (χ4v) is 3.17. The molecule has 1 aliphatic rings. The van der Waals surface area contributed by atoms with Crippen LogP contribution >= 0.6 is 0 Å². The van der Waals surface area contributed by atoms with Crippen molar-refractivity contribution in [3.63, 3.8) is 0 Å². The van der Waals surface area contributed by atoms with Gasteiger partial charge in [-0.3, -0.25) is 0 Å². The first kappa shape index (κ1) is 14.4. The third-order valence-corrected chi connectivity index (χ3v) is 4.37. The van der Waals surface area contributed by atoms with Crippen molar-refractivity contribution in [2.24, 2.45) is 4.99 Å². The van der Waals surface area contributed by atoms with E-state index in [0.29, 0.717) is 5.69 Å². The van der Waals surface area contributed by atoms with Crippen LogP contribution in [0.5, 0.6) is 0 Å². The summed E-state index contributed by atoms with van der Waals surface area (Å²) in [6, 6.07) is 20.5. The summed E-state index contributed by atoms with van der Waals surface area (Å²) in [5.74, 6) is 0. The molecule has 114 valence electrons. The van der Waals surface area contributed by atoms with Gasteiger partial charge in [-0.1, -0.05) is 47.5 Å². The number of nitrogens with zero attached hydrogens (tertiary/aromatic N) is 2. The van der Waals surface area contributed by atoms with Gasteiger partial charge in [-0.25, -0.2) is 9.84 Å². The maximum absolute atomic E-state index is 7.07. The summed E-state index contributed by atoms with van der Waals surface area (Å²) >= 11 is 0. The maximum Gasteiger partial charge on any atom is 0.187 e. The Kier molecular flexibility index (Phi) is 3.29. The summed E-state index contributed by atoms with van der Waals surface area (Å²) in [5.41, 5.74) is 9.85. The highest BCUT2D eigenvalue weighted by atomic mass is 14.8. The van der Waals surface area contributed by atoms with Gasteiger partial charge in [0.2, 0.25) is 0 Å². The van der Waals surface area contributed by atoms with Crippen LogP contribution in [0.3, 0.4) is 0 Å². The molecular weight excluding hydrogens is 292 g/mol. The molecule has 0 amide bonds. The SMILES string of the molecule is [C-]#[N+]c1ccc(N=C2c3cc(C)ccc3-c3ccc(C)cc32)cc1. The second-order valence-electron chi connectivity index (χ2n) is 6.19. The third kappa shape index (κ3) is 2.31. The van der Waals surface area contributed by atoms with Crippen LogP contribution in [0, 0.1) is 20.4 Å². The van der Waals surface area contributed by atoms with Gasteiger partial charge in [0, 0.05) is 11.1 Å². The molecule has 0 radical (unpaired) electrons. The van der Waals surface area contributed by atoms with E-state index < -0.39 is 0 Å². The monoisotopic (exact) mass is 308 g/mol. The molecule has 0 saturated carbocycles. The minimum Gasteiger partial charge on any atom is -0.248 e. The molecule has 0 unspecified atom stereocenters. The molecule has 0 fully saturated rings. The first-order valence-electron chi connectivity index (χ1n) is 7.94. The van der Waals surface area contributed by atoms with E-state index >= 15 is 0 Å². The highest BCUT2D eigenvalue weighted by Crippen LogP contribution is 2.39. The molecule has 0 bridgehead atoms. The van der Waals surface area contributed by atoms with Crippen LogP contribution in [0.2, 0.25) is 0 Å². The summed E-state index contributed by atoms with van der Waals surface area (Å²) in [7, 11) is 0. The predicted octanol–water partition coefficient (Wildman–Crippen LogP) is 6.00. The van der Waals surface area contributed by atoms with Crippen LogP contribution in [0.15, 0.2) is 65.7 Å². The molecule has 0 atom stereocenters. The third-order valence-electron chi connectivity index (χ3n) is 4.37. The highest BCUT2D eigenvalue weighted by Gasteiger charge is 2.24. The minimum absolute atomic E-state index is 0.637. The predicted molar refractivity (Wildman–Crippen MR) is 99.4 cm³/mol. The Morgan fingerprint density at radius 3 is 1.75 bits per heavy atom. The zero-order valence-electron chi connectivity index (χ0n) is 13.7. The van der Waals surface area contributed by atoms with E-state index in [4.69, 9.17) is 11.6 Å². The van der Waals surface area contributed by atoms with Crippen LogP contribution in [-0.4, -0.2) is 5.71 Å². The molecule has 0 heterocycles. The van der Waals surface area contributed by atoms with Crippen LogP contribution < -0.4 is 0 Å². The van der Waals surface area contributed by atoms with Gasteiger partial charge in [0.1, 0.15) is 0 Å². The lowest BCUT2D eigenvalue weighted by molar-refractivity contribution is 1.45. The number of rotatable bonds is 1. The Morgan fingerprint density at radius 2 is 1.25 bits per heavy atom. The van der Waals surface area contributed by atoms with Crippen molar-refractivity contribution in [1.82, 2.24) is 0 Å². The van der Waals surface area contributed by atoms with E-state index in [9.17, 15) is 0 Å². The number of hydrogen-bond acceptors (Lipinski definition) is 1. The molecule has 3 aromatic carbocycles. The van der Waals surface area contributed by atoms with E-state index in [1.807, 2.05) is 24.3 Å². The van der Waals surface area contributed by atoms with Crippen LogP contribution in [0.1, 0.15) is 22.3 Å². The van der Waals surface area contributed by atoms with Gasteiger partial charge in [0.15, 0.2) is 5.69 Å². The number of aliphatic imine (C=N–C) groups is 1. The number of aryl methyl sites for hydroxylation is 2. The van der Waals surface area contributed by atoms with Crippen LogP contribution in [-0.2, 0) is 0 Å². The van der Waals surface area contributed by atoms with Crippen molar-refractivity contribution in [2.75, 3.05) is 0 Å². The van der Waals surface area contributed by atoms with Gasteiger partial charge in [-0.05, 0) is 49.2 Å². The molecule has 1 aliphatic carbocycles. The molecule has 3 aromatic rings. The quantitative estimate of drug-likeness (QED) is 0.383. The molecule has 2 heteroatoms. The van der Waals surface area contributed by atoms with E-state index in [1.165, 1.54) is 33.4 Å². The Labute approximate surface area is 141 Å². The second-order valence-corrected chi connectivity index (χ2v) is 6.19. The second kappa shape index (κ2) is 5.47. The van der Waals surface area contributed by atoms with Gasteiger partial charge >= 0.3 is 0 Å². The molecule has 0 saturated heterocycles. The van der Waals surface area contributed by atoms with E-state index in [1.54, 1.807) is 0 Å². The lowest BCUT2D eigenvalue weighted by Gasteiger charge is -2.04. The first-order valence-corrected chi connectivity index (χ1v) is 7.94. The van der Waals surface area contributed by atoms with Crippen molar-refractivity contribution >= 4 is 17.1 Å². The summed E-state index contributed by atoms with van der Waals surface area (Å²) < 4.78 is 0. The molecule has 4 rings (SSSR count). The Bertz CT molecular complexity index is 965. The number of hydrogen-bond donors (Lipinski definition) is 0. The van der Waals surface area contributed by atoms with Crippen LogP contribution in [0.4, 0.5) is 11.4 Å². The molecule has 0 aromatic heterocycles. The Hall–Kier alpha value is -3.18. The van der Waals surface area contributed by atoms with Crippen molar-refractivity contribution < 1.29 is 0 Å². The minimum atomic E-state index is 0.637. The summed E-state index contributed by atoms with van der Waals surface area (Å²) in [6.45, 7) is 11.3. The Morgan fingerprint density at radius 1 is 0.708 bits per heavy atom. The molecule has 2 nitrogen and oxygen atoms in total. The summed E-state index contributed by atoms with van der Waals surface area (Å²) in [6.07, 6.45) is 0. The topological polar surface area (TPSA) is 16.7 Å². The van der Waals surface area contributed by atoms with Gasteiger partial charge in [-0.15, -0.1) is 0 Å². The van der Waals surface area contributed by atoms with Crippen molar-refractivity contribution in [3.8, 4) is 11.1 Å². The number of fused-ring (bicyclic) bond motifs is 3. The lowest BCUT2D eigenvalue weighted by Crippen LogP contribution is -1.98. The van der Waals surface area contributed by atoms with E-state index in [2.05, 4.69) is 55.1 Å². The zero-order valence-corrected chi connectivity index (χ0v) is 13.7. The number of benzene rings is 3. The maximum atomic E-state index is 7.07. The fourth-order valence-electron chi connectivity index (χ4n) is 3.17. The van der Waals surface area contributed by atoms with Crippen molar-refractivity contribution in [1.29, 1.82) is 0 Å². The largest absolute Gasteiger partial charge is 0.248 e. The normalized spacial score (nSPS) is 11.6. The summed E-state index contributed by atoms with van der Waals surface area (Å²) in [4.78, 5) is 8.35. The fraction of sp³-hybridized carbons (Fsp3) is 0.0909. The van der Waals surface area contributed by atoms with Gasteiger partial charge < -0.3 is 0 Å². The zero-order chi connectivity index (χ0) is 16.7. The molecule has 0 spiro atoms. The highest BCUT2D eigenvalue weighted by molar-refractivity contribution is 6.25. The standard InChI is InChI=1S/C22H16N2/c1-14-4-10-18-19-11-5-15(2)13-21(19)22(20(18)12-14)24-17-8-6-16(23-3)7-9-17/h4-13H,1-2H3. The van der Waals surface area contributed by atoms with Crippen LogP contribution in [0.25, 0.3) is 16.0 Å². The molecule has 0 aliphatic heterocycles. The van der Waals surface area contributed by atoms with E-state index in [-0.39, 0.29) is 0 Å². The first-order chi connectivity index (χ1) is 11.7. The Balaban J connectivity index is 1.94. The molecular formula is C22H16N2. The van der Waals surface area contributed by atoms with Gasteiger partial charge in [0.25, 0.3) is 0 Å². The van der Waals surface area contributed by atoms with Crippen molar-refractivity contribution in [3.05, 3.63) is 94.3 Å². The lowest BCUT2D eigenvalue weighted by atomic mass is 10.0. The van der Waals surface area contributed by atoms with Gasteiger partial charge in [0.05, 0.1) is 18.0 Å². The van der Waals surface area contributed by atoms with Crippen molar-refractivity contribution in [2.45, 2.75) is 13.8 Å². The van der Waals surface area contributed by atoms with Gasteiger partial charge in [-0.2, -0.15) is 0 Å². The van der Waals surface area contributed by atoms with E-state index in [0.717, 1.165) is 11.4 Å². The smallest absolute Gasteiger partial charge is 0.187 e. The molecule has 24 heavy (non-hydrogen) atoms. The molecule has 0 N–H and O–H groups in total. The average molecular weight is 308 g/mol.